The first kappa shape index (κ1) is 15.3. The normalized spacial score (nSPS) is 11.5. The van der Waals surface area contributed by atoms with Crippen molar-refractivity contribution in [2.75, 3.05) is 0 Å². The van der Waals surface area contributed by atoms with Crippen LogP contribution in [-0.2, 0) is 0 Å². The van der Waals surface area contributed by atoms with Crippen molar-refractivity contribution in [2.45, 2.75) is 26.7 Å². The molecule has 25 heavy (non-hydrogen) atoms. The highest BCUT2D eigenvalue weighted by Gasteiger charge is 2.17. The molecule has 0 saturated carbocycles. The quantitative estimate of drug-likeness (QED) is 0.619. The Morgan fingerprint density at radius 1 is 1.20 bits per heavy atom. The lowest BCUT2D eigenvalue weighted by Gasteiger charge is -2.08. The van der Waals surface area contributed by atoms with E-state index in [2.05, 4.69) is 25.1 Å². The van der Waals surface area contributed by atoms with Crippen molar-refractivity contribution in [1.82, 2.24) is 34.3 Å². The number of aromatic amines is 1. The number of aryl methyl sites for hydroxylation is 1. The van der Waals surface area contributed by atoms with Crippen molar-refractivity contribution in [1.29, 1.82) is 0 Å². The molecule has 0 spiro atoms. The summed E-state index contributed by atoms with van der Waals surface area (Å²) in [6.07, 6.45) is 8.61. The molecule has 0 fully saturated rings. The van der Waals surface area contributed by atoms with Crippen LogP contribution in [0.1, 0.15) is 31.0 Å². The first-order chi connectivity index (χ1) is 12.1. The fraction of sp³-hybridized carbons (Fsp3) is 0.235. The highest BCUT2D eigenvalue weighted by Crippen LogP contribution is 2.24. The molecule has 0 aromatic carbocycles. The fourth-order valence-electron chi connectivity index (χ4n) is 2.99. The molecule has 0 bridgehead atoms. The third-order valence-corrected chi connectivity index (χ3v) is 4.12. The third kappa shape index (κ3) is 2.42. The van der Waals surface area contributed by atoms with Gasteiger partial charge in [0, 0.05) is 47.2 Å². The Labute approximate surface area is 143 Å². The van der Waals surface area contributed by atoms with Gasteiger partial charge < -0.3 is 0 Å². The van der Waals surface area contributed by atoms with Gasteiger partial charge in [0.1, 0.15) is 0 Å². The molecule has 0 radical (unpaired) electrons. The van der Waals surface area contributed by atoms with Crippen LogP contribution in [0.25, 0.3) is 22.7 Å². The molecular formula is C17H17N7O. The minimum atomic E-state index is -0.0671. The fourth-order valence-corrected chi connectivity index (χ4v) is 2.99. The standard InChI is InChI=1S/C17H17N7O/c1-10(2)14-11(3)22-15-13(8-21-24(15)16(14)25)12-7-20-23(9-12)17-18-5-4-6-19-17/h4-10,21H,1-3H3. The van der Waals surface area contributed by atoms with Gasteiger partial charge in [-0.05, 0) is 18.9 Å². The molecule has 4 aromatic rings. The SMILES string of the molecule is Cc1nc2c(-c3cnn(-c4ncccn4)c3)c[nH]n2c(=O)c1C(C)C. The van der Waals surface area contributed by atoms with Crippen molar-refractivity contribution in [3.63, 3.8) is 0 Å². The van der Waals surface area contributed by atoms with Crippen LogP contribution in [0.5, 0.6) is 0 Å². The maximum atomic E-state index is 12.7. The molecule has 0 aliphatic heterocycles. The number of hydrogen-bond donors (Lipinski definition) is 1. The Hall–Kier alpha value is -3.29. The Bertz CT molecular complexity index is 1110. The Kier molecular flexibility index (Phi) is 3.45. The van der Waals surface area contributed by atoms with Gasteiger partial charge in [-0.3, -0.25) is 9.89 Å². The zero-order chi connectivity index (χ0) is 17.6. The summed E-state index contributed by atoms with van der Waals surface area (Å²) in [6, 6.07) is 1.75. The van der Waals surface area contributed by atoms with Crippen LogP contribution < -0.4 is 5.56 Å². The van der Waals surface area contributed by atoms with E-state index in [1.54, 1.807) is 35.5 Å². The molecule has 0 unspecified atom stereocenters. The third-order valence-electron chi connectivity index (χ3n) is 4.12. The minimum Gasteiger partial charge on any atom is -0.296 e. The van der Waals surface area contributed by atoms with E-state index in [1.165, 1.54) is 4.52 Å². The summed E-state index contributed by atoms with van der Waals surface area (Å²) >= 11 is 0. The van der Waals surface area contributed by atoms with E-state index in [1.807, 2.05) is 27.0 Å². The van der Waals surface area contributed by atoms with Crippen molar-refractivity contribution >= 4 is 5.65 Å². The van der Waals surface area contributed by atoms with Gasteiger partial charge >= 0.3 is 0 Å². The van der Waals surface area contributed by atoms with E-state index in [0.29, 0.717) is 11.6 Å². The molecule has 0 aliphatic rings. The zero-order valence-electron chi connectivity index (χ0n) is 14.1. The van der Waals surface area contributed by atoms with E-state index in [0.717, 1.165) is 22.4 Å². The van der Waals surface area contributed by atoms with Crippen molar-refractivity contribution < 1.29 is 0 Å². The van der Waals surface area contributed by atoms with E-state index in [4.69, 9.17) is 0 Å². The van der Waals surface area contributed by atoms with Gasteiger partial charge in [-0.15, -0.1) is 0 Å². The van der Waals surface area contributed by atoms with Crippen molar-refractivity contribution in [2.24, 2.45) is 0 Å². The molecule has 4 heterocycles. The van der Waals surface area contributed by atoms with Crippen LogP contribution in [0.3, 0.4) is 0 Å². The van der Waals surface area contributed by atoms with Gasteiger partial charge in [-0.1, -0.05) is 13.8 Å². The molecule has 0 atom stereocenters. The van der Waals surface area contributed by atoms with Gasteiger partial charge in [0.15, 0.2) is 5.65 Å². The van der Waals surface area contributed by atoms with Crippen LogP contribution in [0.15, 0.2) is 41.8 Å². The molecule has 0 amide bonds. The van der Waals surface area contributed by atoms with Crippen LogP contribution in [0.4, 0.5) is 0 Å². The summed E-state index contributed by atoms with van der Waals surface area (Å²) in [5, 5.41) is 7.30. The first-order valence-corrected chi connectivity index (χ1v) is 7.99. The lowest BCUT2D eigenvalue weighted by atomic mass is 10.0. The largest absolute Gasteiger partial charge is 0.296 e. The van der Waals surface area contributed by atoms with Crippen LogP contribution >= 0.6 is 0 Å². The second-order valence-electron chi connectivity index (χ2n) is 6.14. The predicted molar refractivity (Wildman–Crippen MR) is 92.8 cm³/mol. The second-order valence-corrected chi connectivity index (χ2v) is 6.14. The van der Waals surface area contributed by atoms with E-state index < -0.39 is 0 Å². The van der Waals surface area contributed by atoms with E-state index in [9.17, 15) is 4.79 Å². The number of nitrogens with zero attached hydrogens (tertiary/aromatic N) is 6. The summed E-state index contributed by atoms with van der Waals surface area (Å²) in [6.45, 7) is 5.85. The summed E-state index contributed by atoms with van der Waals surface area (Å²) in [5.74, 6) is 0.596. The van der Waals surface area contributed by atoms with Gasteiger partial charge in [0.25, 0.3) is 5.56 Å². The number of nitrogens with one attached hydrogen (secondary N) is 1. The number of H-pyrrole nitrogens is 1. The Morgan fingerprint density at radius 3 is 2.68 bits per heavy atom. The van der Waals surface area contributed by atoms with Gasteiger partial charge in [-0.25, -0.2) is 24.1 Å². The topological polar surface area (TPSA) is 93.8 Å². The molecule has 8 nitrogen and oxygen atoms in total. The molecule has 0 saturated heterocycles. The lowest BCUT2D eigenvalue weighted by Crippen LogP contribution is -2.22. The van der Waals surface area contributed by atoms with Crippen LogP contribution in [-0.4, -0.2) is 34.3 Å². The molecule has 1 N–H and O–H groups in total. The number of fused-ring (bicyclic) bond motifs is 1. The molecule has 4 rings (SSSR count). The van der Waals surface area contributed by atoms with Gasteiger partial charge in [-0.2, -0.15) is 5.10 Å². The van der Waals surface area contributed by atoms with Gasteiger partial charge in [0.2, 0.25) is 5.95 Å². The van der Waals surface area contributed by atoms with Crippen LogP contribution in [0, 0.1) is 6.92 Å². The summed E-state index contributed by atoms with van der Waals surface area (Å²) in [5.41, 5.74) is 3.62. The number of aromatic nitrogens is 7. The molecular weight excluding hydrogens is 318 g/mol. The minimum absolute atomic E-state index is 0.0671. The monoisotopic (exact) mass is 335 g/mol. The van der Waals surface area contributed by atoms with Gasteiger partial charge in [0.05, 0.1) is 6.20 Å². The summed E-state index contributed by atoms with van der Waals surface area (Å²) in [7, 11) is 0. The average Bonchev–Trinajstić information content (AvgIpc) is 3.22. The Morgan fingerprint density at radius 2 is 1.96 bits per heavy atom. The van der Waals surface area contributed by atoms with Crippen molar-refractivity contribution in [3.05, 3.63) is 58.7 Å². The highest BCUT2D eigenvalue weighted by atomic mass is 16.1. The average molecular weight is 335 g/mol. The second kappa shape index (κ2) is 5.66. The summed E-state index contributed by atoms with van der Waals surface area (Å²) in [4.78, 5) is 25.7. The highest BCUT2D eigenvalue weighted by molar-refractivity contribution is 5.76. The van der Waals surface area contributed by atoms with E-state index in [-0.39, 0.29) is 11.5 Å². The predicted octanol–water partition coefficient (Wildman–Crippen LogP) is 2.10. The molecule has 0 aliphatic carbocycles. The maximum Gasteiger partial charge on any atom is 0.276 e. The zero-order valence-corrected chi connectivity index (χ0v) is 14.1. The lowest BCUT2D eigenvalue weighted by molar-refractivity contribution is 0.780. The van der Waals surface area contributed by atoms with Crippen molar-refractivity contribution in [3.8, 4) is 17.1 Å². The number of rotatable bonds is 3. The number of hydrogen-bond acceptors (Lipinski definition) is 5. The Balaban J connectivity index is 1.86. The maximum absolute atomic E-state index is 12.7. The smallest absolute Gasteiger partial charge is 0.276 e. The first-order valence-electron chi connectivity index (χ1n) is 7.99. The molecule has 8 heteroatoms. The molecule has 4 aromatic heterocycles. The summed E-state index contributed by atoms with van der Waals surface area (Å²) < 4.78 is 3.07. The van der Waals surface area contributed by atoms with Crippen LogP contribution in [0.2, 0.25) is 0 Å². The molecule has 126 valence electrons. The van der Waals surface area contributed by atoms with E-state index >= 15 is 0 Å².